The van der Waals surface area contributed by atoms with Gasteiger partial charge in [0, 0.05) is 0 Å². The Morgan fingerprint density at radius 1 is 1.22 bits per heavy atom. The van der Waals surface area contributed by atoms with Gasteiger partial charge in [-0.2, -0.15) is 0 Å². The van der Waals surface area contributed by atoms with E-state index >= 15 is 0 Å². The van der Waals surface area contributed by atoms with E-state index in [9.17, 15) is 23.8 Å². The standard InChI is InChI=1S/C7H9ClO7P2.Cr/c8-5-3-1-2-4-6(5)15-17(13,14)7(9)16(10,11)12;/h1-4,7,9H,(H,13,14)(H2,10,11,12);/q;+3/p-3. The van der Waals surface area contributed by atoms with E-state index < -0.39 is 20.8 Å². The Bertz CT molecular complexity index is 504. The third-order valence-corrected chi connectivity index (χ3v) is 5.22. The van der Waals surface area contributed by atoms with Gasteiger partial charge < -0.3 is 28.9 Å². The molecular formula is C7H6ClCrO7P2. The quantitative estimate of drug-likeness (QED) is 0.720. The van der Waals surface area contributed by atoms with Gasteiger partial charge in [0.15, 0.2) is 5.59 Å². The summed E-state index contributed by atoms with van der Waals surface area (Å²) >= 11 is 5.56. The molecule has 0 spiro atoms. The summed E-state index contributed by atoms with van der Waals surface area (Å²) in [6, 6.07) is 5.28. The molecule has 99 valence electrons. The number of aliphatic hydroxyl groups excluding tert-OH is 1. The van der Waals surface area contributed by atoms with E-state index in [0.717, 1.165) is 6.07 Å². The molecule has 0 fully saturated rings. The molecule has 2 atom stereocenters. The van der Waals surface area contributed by atoms with Gasteiger partial charge in [-0.25, -0.2) is 0 Å². The van der Waals surface area contributed by atoms with Crippen LogP contribution in [0.5, 0.6) is 5.75 Å². The molecule has 0 aliphatic heterocycles. The molecule has 1 aromatic carbocycles. The van der Waals surface area contributed by atoms with Crippen LogP contribution in [0.2, 0.25) is 5.02 Å². The number of benzene rings is 1. The van der Waals surface area contributed by atoms with E-state index in [0.29, 0.717) is 0 Å². The first-order chi connectivity index (χ1) is 7.64. The number of halogens is 1. The van der Waals surface area contributed by atoms with Crippen molar-refractivity contribution in [3.8, 4) is 5.75 Å². The predicted octanol–water partition coefficient (Wildman–Crippen LogP) is -0.541. The SMILES string of the molecule is O=P([O-])([O-])C(O)P(=O)([O-])Oc1ccccc1Cl.[Cr+3]. The van der Waals surface area contributed by atoms with Gasteiger partial charge in [0.05, 0.1) is 5.02 Å². The molecule has 18 heavy (non-hydrogen) atoms. The molecular weight excluding hydrogens is 345 g/mol. The van der Waals surface area contributed by atoms with Crippen molar-refractivity contribution in [2.75, 3.05) is 0 Å². The Hall–Kier alpha value is 0.142. The molecule has 0 aromatic heterocycles. The maximum Gasteiger partial charge on any atom is 3.00 e. The fourth-order valence-corrected chi connectivity index (χ4v) is 3.16. The van der Waals surface area contributed by atoms with E-state index in [1.54, 1.807) is 0 Å². The normalized spacial score (nSPS) is 16.3. The van der Waals surface area contributed by atoms with E-state index in [-0.39, 0.29) is 28.1 Å². The van der Waals surface area contributed by atoms with E-state index in [2.05, 4.69) is 4.52 Å². The van der Waals surface area contributed by atoms with E-state index in [1.807, 2.05) is 0 Å². The third-order valence-electron chi connectivity index (χ3n) is 1.63. The molecule has 2 unspecified atom stereocenters. The maximum absolute atomic E-state index is 11.2. The van der Waals surface area contributed by atoms with Gasteiger partial charge in [0.2, 0.25) is 7.60 Å². The minimum Gasteiger partial charge on any atom is -0.809 e. The molecule has 0 aliphatic rings. The summed E-state index contributed by atoms with van der Waals surface area (Å²) in [6.45, 7) is 0. The summed E-state index contributed by atoms with van der Waals surface area (Å²) < 4.78 is 25.9. The van der Waals surface area contributed by atoms with Crippen LogP contribution >= 0.6 is 26.8 Å². The minimum absolute atomic E-state index is 0. The van der Waals surface area contributed by atoms with Crippen LogP contribution in [-0.4, -0.2) is 10.7 Å². The second kappa shape index (κ2) is 6.54. The number of hydrogen-bond acceptors (Lipinski definition) is 7. The summed E-state index contributed by atoms with van der Waals surface area (Å²) in [5, 5.41) is 8.72. The second-order valence-corrected chi connectivity index (χ2v) is 7.08. The molecule has 1 rings (SSSR count). The predicted molar refractivity (Wildman–Crippen MR) is 53.3 cm³/mol. The summed E-state index contributed by atoms with van der Waals surface area (Å²) in [4.78, 5) is 32.0. The fourth-order valence-electron chi connectivity index (χ4n) is 0.876. The third kappa shape index (κ3) is 4.67. The summed E-state index contributed by atoms with van der Waals surface area (Å²) in [5.74, 6) is -0.375. The monoisotopic (exact) mass is 351 g/mol. The Balaban J connectivity index is 0.00000289. The van der Waals surface area contributed by atoms with Crippen LogP contribution in [0.25, 0.3) is 0 Å². The van der Waals surface area contributed by atoms with Gasteiger partial charge in [0.1, 0.15) is 5.75 Å². The van der Waals surface area contributed by atoms with Gasteiger partial charge >= 0.3 is 17.4 Å². The molecule has 1 N–H and O–H groups in total. The van der Waals surface area contributed by atoms with Gasteiger partial charge in [-0.1, -0.05) is 23.7 Å². The van der Waals surface area contributed by atoms with Crippen LogP contribution in [0.15, 0.2) is 24.3 Å². The van der Waals surface area contributed by atoms with E-state index in [4.69, 9.17) is 16.7 Å². The topological polar surface area (TPSA) is 133 Å². The maximum atomic E-state index is 11.2. The Morgan fingerprint density at radius 2 is 1.72 bits per heavy atom. The van der Waals surface area contributed by atoms with Crippen molar-refractivity contribution < 1.29 is 50.8 Å². The van der Waals surface area contributed by atoms with Crippen molar-refractivity contribution in [3.63, 3.8) is 0 Å². The fraction of sp³-hybridized carbons (Fsp3) is 0.143. The summed E-state index contributed by atoms with van der Waals surface area (Å²) in [5.41, 5.74) is -3.15. The van der Waals surface area contributed by atoms with Crippen molar-refractivity contribution in [2.45, 2.75) is 5.59 Å². The Morgan fingerprint density at radius 3 is 2.17 bits per heavy atom. The molecule has 1 aromatic rings. The zero-order valence-electron chi connectivity index (χ0n) is 8.46. The molecule has 0 aliphatic carbocycles. The van der Waals surface area contributed by atoms with Crippen LogP contribution < -0.4 is 19.2 Å². The van der Waals surface area contributed by atoms with Crippen LogP contribution in [-0.2, 0) is 26.5 Å². The summed E-state index contributed by atoms with van der Waals surface area (Å²) in [6.07, 6.45) is 0. The van der Waals surface area contributed by atoms with Crippen molar-refractivity contribution in [1.82, 2.24) is 0 Å². The zero-order valence-corrected chi connectivity index (χ0v) is 12.3. The Kier molecular flexibility index (Phi) is 6.59. The number of aliphatic hydroxyl groups is 1. The average molecular weight is 352 g/mol. The van der Waals surface area contributed by atoms with Crippen LogP contribution in [0.4, 0.5) is 0 Å². The minimum atomic E-state index is -5.72. The first kappa shape index (κ1) is 18.1. The van der Waals surface area contributed by atoms with Crippen LogP contribution in [0.3, 0.4) is 0 Å². The van der Waals surface area contributed by atoms with Gasteiger partial charge in [-0.3, -0.25) is 4.57 Å². The molecule has 1 radical (unpaired) electrons. The van der Waals surface area contributed by atoms with E-state index in [1.165, 1.54) is 18.2 Å². The number of para-hydroxylation sites is 1. The number of hydrogen-bond donors (Lipinski definition) is 1. The molecule has 0 amide bonds. The first-order valence-electron chi connectivity index (χ1n) is 4.09. The van der Waals surface area contributed by atoms with Gasteiger partial charge in [-0.05, 0) is 19.7 Å². The largest absolute Gasteiger partial charge is 3.00 e. The van der Waals surface area contributed by atoms with Gasteiger partial charge in [-0.15, -0.1) is 0 Å². The Labute approximate surface area is 118 Å². The second-order valence-electron chi connectivity index (χ2n) is 2.95. The van der Waals surface area contributed by atoms with Gasteiger partial charge in [0.25, 0.3) is 0 Å². The molecule has 11 heteroatoms. The number of rotatable bonds is 4. The smallest absolute Gasteiger partial charge is 0.809 e. The van der Waals surface area contributed by atoms with Crippen molar-refractivity contribution in [3.05, 3.63) is 29.3 Å². The molecule has 0 saturated carbocycles. The summed E-state index contributed by atoms with van der Waals surface area (Å²) in [7, 11) is -11.0. The first-order valence-corrected chi connectivity index (χ1v) is 7.69. The molecule has 7 nitrogen and oxygen atoms in total. The zero-order chi connectivity index (χ0) is 13.3. The molecule has 0 heterocycles. The van der Waals surface area contributed by atoms with Crippen LogP contribution in [0.1, 0.15) is 0 Å². The molecule has 0 bridgehead atoms. The van der Waals surface area contributed by atoms with Crippen molar-refractivity contribution in [2.24, 2.45) is 0 Å². The van der Waals surface area contributed by atoms with Crippen molar-refractivity contribution >= 4 is 26.8 Å². The van der Waals surface area contributed by atoms with Crippen molar-refractivity contribution in [1.29, 1.82) is 0 Å². The molecule has 0 saturated heterocycles. The van der Waals surface area contributed by atoms with Crippen LogP contribution in [0, 0.1) is 0 Å². The average Bonchev–Trinajstić information content (AvgIpc) is 2.19.